The van der Waals surface area contributed by atoms with Crippen molar-refractivity contribution in [2.45, 2.75) is 77.7 Å². The van der Waals surface area contributed by atoms with Crippen LogP contribution in [0.5, 0.6) is 0 Å². The van der Waals surface area contributed by atoms with Gasteiger partial charge in [-0.2, -0.15) is 0 Å². The molecule has 2 nitrogen and oxygen atoms in total. The summed E-state index contributed by atoms with van der Waals surface area (Å²) in [7, 11) is 2.03. The topological polar surface area (TPSA) is 24.9 Å². The van der Waals surface area contributed by atoms with E-state index in [0.29, 0.717) is 5.92 Å². The van der Waals surface area contributed by atoms with Crippen LogP contribution >= 0.6 is 11.3 Å². The normalized spacial score (nSPS) is 23.4. The third-order valence-electron chi connectivity index (χ3n) is 4.52. The van der Waals surface area contributed by atoms with Crippen molar-refractivity contribution in [2.75, 3.05) is 7.05 Å². The van der Waals surface area contributed by atoms with E-state index in [2.05, 4.69) is 26.1 Å². The van der Waals surface area contributed by atoms with Gasteiger partial charge in [0.15, 0.2) is 0 Å². The lowest BCUT2D eigenvalue weighted by Crippen LogP contribution is -2.13. The van der Waals surface area contributed by atoms with E-state index in [-0.39, 0.29) is 0 Å². The first-order valence-corrected chi connectivity index (χ1v) is 9.11. The summed E-state index contributed by atoms with van der Waals surface area (Å²) in [6.07, 6.45) is 8.31. The van der Waals surface area contributed by atoms with Crippen LogP contribution in [0.4, 0.5) is 0 Å². The van der Waals surface area contributed by atoms with Gasteiger partial charge in [-0.1, -0.05) is 33.6 Å². The van der Waals surface area contributed by atoms with E-state index >= 15 is 0 Å². The molecule has 1 aromatic heterocycles. The Bertz CT molecular complexity index is 403. The van der Waals surface area contributed by atoms with E-state index in [1.807, 2.05) is 18.4 Å². The highest BCUT2D eigenvalue weighted by molar-refractivity contribution is 7.11. The quantitative estimate of drug-likeness (QED) is 0.793. The molecule has 1 saturated carbocycles. The summed E-state index contributed by atoms with van der Waals surface area (Å²) in [5.41, 5.74) is 1.33. The molecule has 1 heterocycles. The summed E-state index contributed by atoms with van der Waals surface area (Å²) >= 11 is 1.96. The zero-order valence-corrected chi connectivity index (χ0v) is 14.4. The number of hydrogen-bond acceptors (Lipinski definition) is 3. The van der Waals surface area contributed by atoms with Crippen LogP contribution < -0.4 is 5.32 Å². The standard InChI is InChI=1S/C17H30N2S/c1-5-6-13-7-9-14(10-8-13)17-19-16(12(2)3)15(20-17)11-18-4/h12-14,18H,5-11H2,1-4H3. The summed E-state index contributed by atoms with van der Waals surface area (Å²) in [6.45, 7) is 7.80. The molecule has 0 atom stereocenters. The number of thiazole rings is 1. The first-order valence-electron chi connectivity index (χ1n) is 8.29. The van der Waals surface area contributed by atoms with Crippen molar-refractivity contribution in [1.82, 2.24) is 10.3 Å². The predicted octanol–water partition coefficient (Wildman–Crippen LogP) is 5.06. The average molecular weight is 295 g/mol. The first-order chi connectivity index (χ1) is 9.65. The lowest BCUT2D eigenvalue weighted by Gasteiger charge is -2.27. The molecule has 1 aliphatic carbocycles. The summed E-state index contributed by atoms with van der Waals surface area (Å²) < 4.78 is 0. The Hall–Kier alpha value is -0.410. The molecular formula is C17H30N2S. The highest BCUT2D eigenvalue weighted by atomic mass is 32.1. The molecule has 0 spiro atoms. The van der Waals surface area contributed by atoms with Gasteiger partial charge in [-0.15, -0.1) is 11.3 Å². The largest absolute Gasteiger partial charge is 0.315 e. The molecular weight excluding hydrogens is 264 g/mol. The predicted molar refractivity (Wildman–Crippen MR) is 88.6 cm³/mol. The number of aromatic nitrogens is 1. The Kier molecular flexibility index (Phi) is 6.03. The van der Waals surface area contributed by atoms with Gasteiger partial charge in [-0.05, 0) is 44.6 Å². The minimum atomic E-state index is 0.541. The number of nitrogens with zero attached hydrogens (tertiary/aromatic N) is 1. The molecule has 0 radical (unpaired) electrons. The summed E-state index contributed by atoms with van der Waals surface area (Å²) in [4.78, 5) is 6.45. The molecule has 0 saturated heterocycles. The van der Waals surface area contributed by atoms with Crippen LogP contribution in [0.25, 0.3) is 0 Å². The van der Waals surface area contributed by atoms with Gasteiger partial charge < -0.3 is 5.32 Å². The van der Waals surface area contributed by atoms with Gasteiger partial charge in [0.1, 0.15) is 0 Å². The van der Waals surface area contributed by atoms with Crippen LogP contribution in [-0.4, -0.2) is 12.0 Å². The van der Waals surface area contributed by atoms with Crippen molar-refractivity contribution in [3.8, 4) is 0 Å². The molecule has 114 valence electrons. The lowest BCUT2D eigenvalue weighted by atomic mass is 9.80. The van der Waals surface area contributed by atoms with Crippen molar-refractivity contribution >= 4 is 11.3 Å². The Morgan fingerprint density at radius 3 is 2.50 bits per heavy atom. The van der Waals surface area contributed by atoms with Gasteiger partial charge in [-0.25, -0.2) is 4.98 Å². The maximum absolute atomic E-state index is 5.00. The fourth-order valence-corrected chi connectivity index (χ4v) is 4.80. The second kappa shape index (κ2) is 7.56. The summed E-state index contributed by atoms with van der Waals surface area (Å²) in [5, 5.41) is 4.70. The molecule has 1 aromatic rings. The number of hydrogen-bond donors (Lipinski definition) is 1. The average Bonchev–Trinajstić information content (AvgIpc) is 2.85. The summed E-state index contributed by atoms with van der Waals surface area (Å²) in [5.74, 6) is 2.26. The Morgan fingerprint density at radius 2 is 1.95 bits per heavy atom. The van der Waals surface area contributed by atoms with Gasteiger partial charge in [0.2, 0.25) is 0 Å². The minimum Gasteiger partial charge on any atom is -0.315 e. The maximum Gasteiger partial charge on any atom is 0.0962 e. The zero-order chi connectivity index (χ0) is 14.5. The molecule has 20 heavy (non-hydrogen) atoms. The van der Waals surface area contributed by atoms with Gasteiger partial charge in [0.05, 0.1) is 10.7 Å². The van der Waals surface area contributed by atoms with Crippen molar-refractivity contribution in [3.05, 3.63) is 15.6 Å². The van der Waals surface area contributed by atoms with Crippen molar-refractivity contribution < 1.29 is 0 Å². The van der Waals surface area contributed by atoms with Gasteiger partial charge in [-0.3, -0.25) is 0 Å². The third kappa shape index (κ3) is 3.82. The van der Waals surface area contributed by atoms with E-state index < -0.39 is 0 Å². The van der Waals surface area contributed by atoms with Gasteiger partial charge in [0, 0.05) is 17.3 Å². The Morgan fingerprint density at radius 1 is 1.25 bits per heavy atom. The first kappa shape index (κ1) is 16.0. The molecule has 0 aromatic carbocycles. The van der Waals surface area contributed by atoms with E-state index in [4.69, 9.17) is 4.98 Å². The lowest BCUT2D eigenvalue weighted by molar-refractivity contribution is 0.308. The van der Waals surface area contributed by atoms with Crippen LogP contribution in [0.3, 0.4) is 0 Å². The van der Waals surface area contributed by atoms with Crippen LogP contribution in [0.15, 0.2) is 0 Å². The molecule has 3 heteroatoms. The van der Waals surface area contributed by atoms with Crippen molar-refractivity contribution in [1.29, 1.82) is 0 Å². The van der Waals surface area contributed by atoms with E-state index in [0.717, 1.165) is 18.4 Å². The highest BCUT2D eigenvalue weighted by Crippen LogP contribution is 2.40. The molecule has 1 N–H and O–H groups in total. The van der Waals surface area contributed by atoms with Crippen molar-refractivity contribution in [2.24, 2.45) is 5.92 Å². The Labute approximate surface area is 128 Å². The maximum atomic E-state index is 5.00. The highest BCUT2D eigenvalue weighted by Gasteiger charge is 2.25. The van der Waals surface area contributed by atoms with Crippen LogP contribution in [0.2, 0.25) is 0 Å². The second-order valence-electron chi connectivity index (χ2n) is 6.55. The fraction of sp³-hybridized carbons (Fsp3) is 0.824. The van der Waals surface area contributed by atoms with Crippen LogP contribution in [0.1, 0.15) is 86.7 Å². The van der Waals surface area contributed by atoms with E-state index in [9.17, 15) is 0 Å². The number of rotatable bonds is 6. The van der Waals surface area contributed by atoms with E-state index in [1.54, 1.807) is 0 Å². The van der Waals surface area contributed by atoms with Gasteiger partial charge >= 0.3 is 0 Å². The zero-order valence-electron chi connectivity index (χ0n) is 13.5. The van der Waals surface area contributed by atoms with E-state index in [1.165, 1.54) is 54.1 Å². The third-order valence-corrected chi connectivity index (χ3v) is 5.75. The molecule has 1 aliphatic rings. The van der Waals surface area contributed by atoms with Crippen LogP contribution in [-0.2, 0) is 6.54 Å². The van der Waals surface area contributed by atoms with Crippen LogP contribution in [0, 0.1) is 5.92 Å². The molecule has 0 bridgehead atoms. The molecule has 0 amide bonds. The van der Waals surface area contributed by atoms with Gasteiger partial charge in [0.25, 0.3) is 0 Å². The molecule has 0 aliphatic heterocycles. The fourth-order valence-electron chi connectivity index (χ4n) is 3.40. The minimum absolute atomic E-state index is 0.541. The van der Waals surface area contributed by atoms with Crippen molar-refractivity contribution in [3.63, 3.8) is 0 Å². The molecule has 0 unspecified atom stereocenters. The monoisotopic (exact) mass is 294 g/mol. The molecule has 1 fully saturated rings. The smallest absolute Gasteiger partial charge is 0.0962 e. The SMILES string of the molecule is CCCC1CCC(c2nc(C(C)C)c(CNC)s2)CC1. The Balaban J connectivity index is 2.04. The number of nitrogens with one attached hydrogen (secondary N) is 1. The second-order valence-corrected chi connectivity index (χ2v) is 7.67. The summed E-state index contributed by atoms with van der Waals surface area (Å²) in [6, 6.07) is 0. The molecule has 2 rings (SSSR count).